The van der Waals surface area contributed by atoms with E-state index in [0.29, 0.717) is 21.6 Å². The maximum atomic E-state index is 12.5. The number of amides is 3. The Balaban J connectivity index is 1.38. The molecule has 9 heteroatoms. The van der Waals surface area contributed by atoms with Gasteiger partial charge in [0, 0.05) is 17.5 Å². The van der Waals surface area contributed by atoms with E-state index in [2.05, 4.69) is 10.3 Å². The number of hydrogen-bond donors (Lipinski definition) is 1. The summed E-state index contributed by atoms with van der Waals surface area (Å²) in [7, 11) is 0. The largest absolute Gasteiger partial charge is 0.300 e. The molecule has 1 N–H and O–H groups in total. The number of fused-ring (bicyclic) bond motifs is 1. The van der Waals surface area contributed by atoms with Crippen molar-refractivity contribution in [1.29, 1.82) is 0 Å². The molecular weight excluding hydrogens is 433 g/mol. The highest BCUT2D eigenvalue weighted by Gasteiger charge is 2.48. The summed E-state index contributed by atoms with van der Waals surface area (Å²) in [4.78, 5) is 43.6. The molecule has 6 nitrogen and oxygen atoms in total. The molecule has 0 spiro atoms. The molecule has 1 aliphatic heterocycles. The number of carbonyl (C=O) groups is 3. The molecule has 0 unspecified atom stereocenters. The fourth-order valence-electron chi connectivity index (χ4n) is 4.01. The Labute approximate surface area is 182 Å². The number of likely N-dealkylation sites (tertiary alicyclic amines) is 1. The fourth-order valence-corrected chi connectivity index (χ4v) is 5.25. The van der Waals surface area contributed by atoms with Gasteiger partial charge >= 0.3 is 0 Å². The Morgan fingerprint density at radius 2 is 1.86 bits per heavy atom. The Morgan fingerprint density at radius 1 is 1.17 bits per heavy atom. The summed E-state index contributed by atoms with van der Waals surface area (Å²) in [6.07, 6.45) is 5.58. The van der Waals surface area contributed by atoms with Crippen LogP contribution in [0.2, 0.25) is 10.0 Å². The summed E-state index contributed by atoms with van der Waals surface area (Å²) >= 11 is 13.6. The Bertz CT molecular complexity index is 954. The number of aromatic nitrogens is 1. The first kappa shape index (κ1) is 20.3. The van der Waals surface area contributed by atoms with Crippen LogP contribution in [0.5, 0.6) is 0 Å². The minimum atomic E-state index is -0.424. The smallest absolute Gasteiger partial charge is 0.246 e. The number of hydrogen-bond acceptors (Lipinski definition) is 5. The zero-order valence-electron chi connectivity index (χ0n) is 15.5. The van der Waals surface area contributed by atoms with Crippen molar-refractivity contribution < 1.29 is 14.4 Å². The van der Waals surface area contributed by atoms with Crippen LogP contribution in [0.25, 0.3) is 0 Å². The number of carbonyl (C=O) groups excluding carboxylic acids is 3. The number of imide groups is 1. The van der Waals surface area contributed by atoms with Gasteiger partial charge in [-0.2, -0.15) is 0 Å². The van der Waals surface area contributed by atoms with Gasteiger partial charge in [0.1, 0.15) is 6.54 Å². The van der Waals surface area contributed by atoms with Crippen LogP contribution in [0.3, 0.4) is 0 Å². The van der Waals surface area contributed by atoms with Crippen molar-refractivity contribution in [3.05, 3.63) is 44.9 Å². The third-order valence-corrected chi connectivity index (χ3v) is 7.20. The maximum Gasteiger partial charge on any atom is 0.246 e. The Hall–Kier alpha value is -1.96. The summed E-state index contributed by atoms with van der Waals surface area (Å²) < 4.78 is 0. The summed E-state index contributed by atoms with van der Waals surface area (Å²) in [5.41, 5.74) is 0.872. The molecule has 3 amide bonds. The van der Waals surface area contributed by atoms with E-state index >= 15 is 0 Å². The Kier molecular flexibility index (Phi) is 5.90. The highest BCUT2D eigenvalue weighted by molar-refractivity contribution is 7.15. The number of benzene rings is 1. The SMILES string of the molecule is O=C(CN1C(=O)[C@H]2CCCC[C@@H]2C1=O)Nc1ncc(Cc2cccc(Cl)c2Cl)s1. The van der Waals surface area contributed by atoms with Crippen LogP contribution >= 0.6 is 34.5 Å². The van der Waals surface area contributed by atoms with Crippen molar-refractivity contribution in [1.82, 2.24) is 9.88 Å². The van der Waals surface area contributed by atoms with Crippen molar-refractivity contribution in [2.24, 2.45) is 11.8 Å². The number of thiazole rings is 1. The second-order valence-electron chi connectivity index (χ2n) is 7.33. The standard InChI is InChI=1S/C20H19Cl2N3O3S/c21-15-7-3-4-11(17(15)22)8-12-9-23-20(29-12)24-16(26)10-25-18(27)13-5-1-2-6-14(13)19(25)28/h3-4,7,9,13-14H,1-2,5-6,8,10H2,(H,23,24,26)/t13-,14-/m0/s1. The van der Waals surface area contributed by atoms with Crippen LogP contribution in [-0.4, -0.2) is 34.2 Å². The number of nitrogens with zero attached hydrogens (tertiary/aromatic N) is 2. The lowest BCUT2D eigenvalue weighted by Crippen LogP contribution is -2.38. The molecule has 1 aromatic heterocycles. The number of rotatable bonds is 5. The van der Waals surface area contributed by atoms with Crippen molar-refractivity contribution in [3.63, 3.8) is 0 Å². The Morgan fingerprint density at radius 3 is 2.55 bits per heavy atom. The summed E-state index contributed by atoms with van der Waals surface area (Å²) in [5, 5.41) is 4.09. The second kappa shape index (κ2) is 8.42. The summed E-state index contributed by atoms with van der Waals surface area (Å²) in [6, 6.07) is 5.44. The van der Waals surface area contributed by atoms with E-state index in [-0.39, 0.29) is 30.2 Å². The average Bonchev–Trinajstić information content (AvgIpc) is 3.24. The van der Waals surface area contributed by atoms with Crippen LogP contribution in [0, 0.1) is 11.8 Å². The summed E-state index contributed by atoms with van der Waals surface area (Å²) in [6.45, 7) is -0.264. The van der Waals surface area contributed by atoms with E-state index in [0.717, 1.165) is 41.0 Å². The van der Waals surface area contributed by atoms with Gasteiger partial charge in [0.2, 0.25) is 17.7 Å². The van der Waals surface area contributed by atoms with E-state index in [1.165, 1.54) is 11.3 Å². The zero-order valence-corrected chi connectivity index (χ0v) is 17.8. The quantitative estimate of drug-likeness (QED) is 0.692. The van der Waals surface area contributed by atoms with E-state index in [4.69, 9.17) is 23.2 Å². The van der Waals surface area contributed by atoms with Gasteiger partial charge in [-0.3, -0.25) is 19.3 Å². The molecule has 0 bridgehead atoms. The first-order chi connectivity index (χ1) is 13.9. The van der Waals surface area contributed by atoms with Gasteiger partial charge in [-0.1, -0.05) is 48.2 Å². The lowest BCUT2D eigenvalue weighted by Gasteiger charge is -2.19. The first-order valence-electron chi connectivity index (χ1n) is 9.46. The monoisotopic (exact) mass is 451 g/mol. The minimum absolute atomic E-state index is 0.217. The molecule has 2 aliphatic rings. The molecule has 29 heavy (non-hydrogen) atoms. The van der Waals surface area contributed by atoms with Crippen molar-refractivity contribution in [2.75, 3.05) is 11.9 Å². The van der Waals surface area contributed by atoms with Gasteiger partial charge in [-0.25, -0.2) is 4.98 Å². The topological polar surface area (TPSA) is 79.4 Å². The predicted molar refractivity (Wildman–Crippen MR) is 112 cm³/mol. The predicted octanol–water partition coefficient (Wildman–Crippen LogP) is 4.15. The van der Waals surface area contributed by atoms with Gasteiger partial charge in [-0.05, 0) is 24.5 Å². The lowest BCUT2D eigenvalue weighted by molar-refractivity contribution is -0.142. The second-order valence-corrected chi connectivity index (χ2v) is 9.23. The van der Waals surface area contributed by atoms with E-state index in [1.807, 2.05) is 12.1 Å². The molecule has 2 atom stereocenters. The molecule has 0 radical (unpaired) electrons. The van der Waals surface area contributed by atoms with Crippen LogP contribution in [0.1, 0.15) is 36.1 Å². The van der Waals surface area contributed by atoms with Crippen molar-refractivity contribution in [3.8, 4) is 0 Å². The fraction of sp³-hybridized carbons (Fsp3) is 0.400. The number of anilines is 1. The third kappa shape index (κ3) is 4.17. The summed E-state index contributed by atoms with van der Waals surface area (Å²) in [5.74, 6) is -1.36. The molecule has 1 aliphatic carbocycles. The van der Waals surface area contributed by atoms with Gasteiger partial charge in [0.25, 0.3) is 0 Å². The minimum Gasteiger partial charge on any atom is -0.300 e. The number of nitrogens with one attached hydrogen (secondary N) is 1. The highest BCUT2D eigenvalue weighted by atomic mass is 35.5. The van der Waals surface area contributed by atoms with Crippen molar-refractivity contribution in [2.45, 2.75) is 32.1 Å². The first-order valence-corrected chi connectivity index (χ1v) is 11.0. The molecule has 2 aromatic rings. The van der Waals surface area contributed by atoms with Gasteiger partial charge < -0.3 is 5.32 Å². The van der Waals surface area contributed by atoms with Crippen LogP contribution in [-0.2, 0) is 20.8 Å². The lowest BCUT2D eigenvalue weighted by atomic mass is 9.81. The van der Waals surface area contributed by atoms with Crippen LogP contribution in [0.4, 0.5) is 5.13 Å². The van der Waals surface area contributed by atoms with Crippen LogP contribution in [0.15, 0.2) is 24.4 Å². The average molecular weight is 452 g/mol. The van der Waals surface area contributed by atoms with E-state index < -0.39 is 5.91 Å². The van der Waals surface area contributed by atoms with Gasteiger partial charge in [-0.15, -0.1) is 11.3 Å². The molecular formula is C20H19Cl2N3O3S. The molecule has 1 aromatic carbocycles. The normalized spacial score (nSPS) is 21.4. The number of halogens is 2. The molecule has 1 saturated heterocycles. The third-order valence-electron chi connectivity index (χ3n) is 5.43. The van der Waals surface area contributed by atoms with Gasteiger partial charge in [0.05, 0.1) is 21.9 Å². The molecule has 2 fully saturated rings. The molecule has 152 valence electrons. The molecule has 4 rings (SSSR count). The van der Waals surface area contributed by atoms with E-state index in [1.54, 1.807) is 12.3 Å². The molecule has 2 heterocycles. The van der Waals surface area contributed by atoms with Crippen molar-refractivity contribution >= 4 is 57.4 Å². The van der Waals surface area contributed by atoms with Gasteiger partial charge in [0.15, 0.2) is 5.13 Å². The maximum absolute atomic E-state index is 12.5. The van der Waals surface area contributed by atoms with E-state index in [9.17, 15) is 14.4 Å². The zero-order chi connectivity index (χ0) is 20.5. The van der Waals surface area contributed by atoms with Crippen LogP contribution < -0.4 is 5.32 Å². The molecule has 1 saturated carbocycles. The highest BCUT2D eigenvalue weighted by Crippen LogP contribution is 2.38.